The second kappa shape index (κ2) is 10.3. The average molecular weight is 468 g/mol. The molecule has 11 heteroatoms. The first kappa shape index (κ1) is 23.2. The number of halogens is 1. The summed E-state index contributed by atoms with van der Waals surface area (Å²) in [7, 11) is 1.54. The Bertz CT molecular complexity index is 1300. The van der Waals surface area contributed by atoms with Crippen LogP contribution < -0.4 is 20.3 Å². The van der Waals surface area contributed by atoms with Crippen LogP contribution in [0.1, 0.15) is 16.2 Å². The molecule has 34 heavy (non-hydrogen) atoms. The number of rotatable bonds is 7. The van der Waals surface area contributed by atoms with Crippen molar-refractivity contribution in [3.63, 3.8) is 0 Å². The number of nitrogens with one attached hydrogen (secondary N) is 2. The molecule has 3 aromatic rings. The van der Waals surface area contributed by atoms with Gasteiger partial charge in [-0.3, -0.25) is 9.59 Å². The minimum absolute atomic E-state index is 0.0684. The van der Waals surface area contributed by atoms with Crippen LogP contribution in [0.15, 0.2) is 41.2 Å². The van der Waals surface area contributed by atoms with E-state index in [0.29, 0.717) is 5.75 Å². The van der Waals surface area contributed by atoms with Gasteiger partial charge in [0.1, 0.15) is 23.8 Å². The van der Waals surface area contributed by atoms with Gasteiger partial charge in [0.15, 0.2) is 23.5 Å². The third kappa shape index (κ3) is 5.14. The fraction of sp³-hybridized carbons (Fsp3) is 0.304. The topological polar surface area (TPSA) is 136 Å². The third-order valence-corrected chi connectivity index (χ3v) is 5.11. The molecule has 2 unspecified atom stereocenters. The highest BCUT2D eigenvalue weighted by molar-refractivity contribution is 5.93. The van der Waals surface area contributed by atoms with Crippen molar-refractivity contribution >= 4 is 16.8 Å². The van der Waals surface area contributed by atoms with Crippen LogP contribution in [0.25, 0.3) is 10.9 Å². The van der Waals surface area contributed by atoms with Crippen molar-refractivity contribution in [2.75, 3.05) is 26.9 Å². The number of fused-ring (bicyclic) bond motifs is 1. The summed E-state index contributed by atoms with van der Waals surface area (Å²) in [6.45, 7) is 0.248. The fourth-order valence-corrected chi connectivity index (χ4v) is 3.37. The Balaban J connectivity index is 1.49. The van der Waals surface area contributed by atoms with Crippen molar-refractivity contribution in [3.05, 3.63) is 64.0 Å². The molecule has 176 valence electrons. The minimum atomic E-state index is -0.762. The molecule has 2 atom stereocenters. The number of ether oxygens (including phenoxy) is 4. The Hall–Kier alpha value is -4.01. The number of H-pyrrole nitrogens is 1. The molecule has 2 N–H and O–H groups in total. The second-order valence-corrected chi connectivity index (χ2v) is 7.44. The summed E-state index contributed by atoms with van der Waals surface area (Å²) < 4.78 is 35.9. The lowest BCUT2D eigenvalue weighted by atomic mass is 10.2. The van der Waals surface area contributed by atoms with E-state index in [1.54, 1.807) is 25.3 Å². The number of carbonyl (C=O) groups excluding carboxylic acids is 1. The number of aromatic amines is 1. The lowest BCUT2D eigenvalue weighted by Gasteiger charge is -2.26. The van der Waals surface area contributed by atoms with E-state index >= 15 is 0 Å². The van der Waals surface area contributed by atoms with E-state index in [0.717, 1.165) is 11.6 Å². The molecular weight excluding hydrogens is 447 g/mol. The molecular formula is C23H21FN4O6. The zero-order valence-corrected chi connectivity index (χ0v) is 18.2. The van der Waals surface area contributed by atoms with Gasteiger partial charge < -0.3 is 29.2 Å². The summed E-state index contributed by atoms with van der Waals surface area (Å²) in [4.78, 5) is 31.9. The lowest BCUT2D eigenvalue weighted by molar-refractivity contribution is -0.124. The lowest BCUT2D eigenvalue weighted by Crippen LogP contribution is -2.38. The van der Waals surface area contributed by atoms with E-state index < -0.39 is 29.5 Å². The maximum atomic E-state index is 14.5. The zero-order valence-electron chi connectivity index (χ0n) is 18.2. The molecule has 1 aliphatic rings. The van der Waals surface area contributed by atoms with Gasteiger partial charge in [0.05, 0.1) is 31.9 Å². The van der Waals surface area contributed by atoms with Gasteiger partial charge in [0, 0.05) is 6.54 Å². The SMILES string of the molecule is COc1cccc(CNC(=O)c2nc3ccc(F)c(OCC4COC(C#N)CO4)c3c(=O)[nH]2)c1. The number of nitrogens with zero attached hydrogens (tertiary/aromatic N) is 2. The fourth-order valence-electron chi connectivity index (χ4n) is 3.37. The van der Waals surface area contributed by atoms with Gasteiger partial charge in [-0.15, -0.1) is 0 Å². The molecule has 2 aromatic carbocycles. The van der Waals surface area contributed by atoms with E-state index in [1.807, 2.05) is 12.1 Å². The molecule has 1 saturated heterocycles. The summed E-state index contributed by atoms with van der Waals surface area (Å²) in [6.07, 6.45) is -1.20. The van der Waals surface area contributed by atoms with Crippen LogP contribution in [-0.2, 0) is 16.0 Å². The molecule has 0 saturated carbocycles. The number of nitriles is 1. The maximum absolute atomic E-state index is 14.5. The van der Waals surface area contributed by atoms with Gasteiger partial charge in [0.25, 0.3) is 11.5 Å². The molecule has 1 aromatic heterocycles. The Kier molecular flexibility index (Phi) is 7.01. The van der Waals surface area contributed by atoms with Crippen LogP contribution >= 0.6 is 0 Å². The molecule has 0 aliphatic carbocycles. The number of carbonyl (C=O) groups is 1. The quantitative estimate of drug-likeness (QED) is 0.535. The van der Waals surface area contributed by atoms with Crippen molar-refractivity contribution < 1.29 is 28.1 Å². The van der Waals surface area contributed by atoms with Gasteiger partial charge in [-0.05, 0) is 29.8 Å². The highest BCUT2D eigenvalue weighted by atomic mass is 19.1. The van der Waals surface area contributed by atoms with Gasteiger partial charge >= 0.3 is 0 Å². The molecule has 0 radical (unpaired) electrons. The standard InChI is InChI=1S/C23H21FN4O6/c1-31-14-4-2-3-13(7-14)9-26-23(30)21-27-18-6-5-17(24)20(19(18)22(29)28-21)34-12-16-11-32-15(8-25)10-33-16/h2-7,15-16H,9-12H2,1H3,(H,26,30)(H,27,28,29). The van der Waals surface area contributed by atoms with Crippen molar-refractivity contribution in [2.24, 2.45) is 0 Å². The average Bonchev–Trinajstić information content (AvgIpc) is 2.87. The molecule has 10 nitrogen and oxygen atoms in total. The van der Waals surface area contributed by atoms with Crippen LogP contribution in [0.3, 0.4) is 0 Å². The summed E-state index contributed by atoms with van der Waals surface area (Å²) in [6, 6.07) is 11.5. The number of benzene rings is 2. The number of amides is 1. The van der Waals surface area contributed by atoms with E-state index in [-0.39, 0.29) is 48.8 Å². The molecule has 1 aliphatic heterocycles. The smallest absolute Gasteiger partial charge is 0.287 e. The van der Waals surface area contributed by atoms with Gasteiger partial charge in [-0.1, -0.05) is 12.1 Å². The third-order valence-electron chi connectivity index (χ3n) is 5.11. The first-order chi connectivity index (χ1) is 16.5. The Morgan fingerprint density at radius 1 is 1.32 bits per heavy atom. The number of methoxy groups -OCH3 is 1. The van der Waals surface area contributed by atoms with E-state index in [1.165, 1.54) is 6.07 Å². The largest absolute Gasteiger partial charge is 0.497 e. The first-order valence-electron chi connectivity index (χ1n) is 10.4. The van der Waals surface area contributed by atoms with Crippen LogP contribution in [0.4, 0.5) is 4.39 Å². The Labute approximate surface area is 193 Å². The summed E-state index contributed by atoms with van der Waals surface area (Å²) in [5.74, 6) is -1.24. The van der Waals surface area contributed by atoms with Crippen molar-refractivity contribution in [2.45, 2.75) is 18.8 Å². The molecule has 0 bridgehead atoms. The summed E-state index contributed by atoms with van der Waals surface area (Å²) >= 11 is 0. The van der Waals surface area contributed by atoms with Crippen molar-refractivity contribution in [1.82, 2.24) is 15.3 Å². The summed E-state index contributed by atoms with van der Waals surface area (Å²) in [5, 5.41) is 11.4. The van der Waals surface area contributed by atoms with Crippen LogP contribution in [-0.4, -0.2) is 55.0 Å². The molecule has 1 fully saturated rings. The van der Waals surface area contributed by atoms with Crippen molar-refractivity contribution in [1.29, 1.82) is 5.26 Å². The first-order valence-corrected chi connectivity index (χ1v) is 10.4. The predicted molar refractivity (Wildman–Crippen MR) is 117 cm³/mol. The molecule has 1 amide bonds. The van der Waals surface area contributed by atoms with Crippen LogP contribution in [0, 0.1) is 17.1 Å². The molecule has 0 spiro atoms. The van der Waals surface area contributed by atoms with Crippen molar-refractivity contribution in [3.8, 4) is 17.6 Å². The van der Waals surface area contributed by atoms with Gasteiger partial charge in [0.2, 0.25) is 0 Å². The number of aromatic nitrogens is 2. The molecule has 4 rings (SSSR count). The van der Waals surface area contributed by atoms with E-state index in [4.69, 9.17) is 24.2 Å². The number of hydrogen-bond acceptors (Lipinski definition) is 8. The predicted octanol–water partition coefficient (Wildman–Crippen LogP) is 1.69. The second-order valence-electron chi connectivity index (χ2n) is 7.44. The Morgan fingerprint density at radius 3 is 2.91 bits per heavy atom. The minimum Gasteiger partial charge on any atom is -0.497 e. The Morgan fingerprint density at radius 2 is 2.18 bits per heavy atom. The monoisotopic (exact) mass is 468 g/mol. The van der Waals surface area contributed by atoms with E-state index in [9.17, 15) is 14.0 Å². The van der Waals surface area contributed by atoms with Gasteiger partial charge in [-0.2, -0.15) is 5.26 Å². The number of hydrogen-bond donors (Lipinski definition) is 2. The van der Waals surface area contributed by atoms with Crippen LogP contribution in [0.5, 0.6) is 11.5 Å². The highest BCUT2D eigenvalue weighted by Crippen LogP contribution is 2.26. The van der Waals surface area contributed by atoms with Gasteiger partial charge in [-0.25, -0.2) is 9.37 Å². The summed E-state index contributed by atoms with van der Waals surface area (Å²) in [5.41, 5.74) is 0.164. The maximum Gasteiger partial charge on any atom is 0.287 e. The molecule has 2 heterocycles. The highest BCUT2D eigenvalue weighted by Gasteiger charge is 2.24. The zero-order chi connectivity index (χ0) is 24.1. The normalized spacial score (nSPS) is 17.7. The van der Waals surface area contributed by atoms with E-state index in [2.05, 4.69) is 15.3 Å². The van der Waals surface area contributed by atoms with Crippen LogP contribution in [0.2, 0.25) is 0 Å².